The highest BCUT2D eigenvalue weighted by Crippen LogP contribution is 2.24. The molecular weight excluding hydrogens is 346 g/mol. The van der Waals surface area contributed by atoms with Gasteiger partial charge in [0.2, 0.25) is 0 Å². The van der Waals surface area contributed by atoms with Gasteiger partial charge in [0, 0.05) is 11.4 Å². The van der Waals surface area contributed by atoms with Gasteiger partial charge in [0.05, 0.1) is 6.04 Å². The fourth-order valence-electron chi connectivity index (χ4n) is 2.84. The maximum atomic E-state index is 12.5. The summed E-state index contributed by atoms with van der Waals surface area (Å²) in [5.41, 5.74) is 4.59. The van der Waals surface area contributed by atoms with Crippen LogP contribution < -0.4 is 5.32 Å². The van der Waals surface area contributed by atoms with Crippen molar-refractivity contribution < 1.29 is 9.90 Å². The van der Waals surface area contributed by atoms with E-state index in [1.807, 2.05) is 67.6 Å². The molecule has 0 radical (unpaired) electrons. The van der Waals surface area contributed by atoms with E-state index in [4.69, 9.17) is 11.6 Å². The van der Waals surface area contributed by atoms with Crippen molar-refractivity contribution >= 4 is 17.5 Å². The van der Waals surface area contributed by atoms with E-state index in [2.05, 4.69) is 5.32 Å². The summed E-state index contributed by atoms with van der Waals surface area (Å²) in [5.74, 6) is 0.402. The Labute approximate surface area is 158 Å². The summed E-state index contributed by atoms with van der Waals surface area (Å²) in [7, 11) is 0. The van der Waals surface area contributed by atoms with E-state index in [-0.39, 0.29) is 23.6 Å². The molecule has 2 N–H and O–H groups in total. The van der Waals surface area contributed by atoms with Gasteiger partial charge in [0.1, 0.15) is 5.75 Å². The van der Waals surface area contributed by atoms with Crippen LogP contribution in [0.2, 0.25) is 0 Å². The lowest BCUT2D eigenvalue weighted by atomic mass is 10.0. The molecule has 1 amide bonds. The SMILES string of the molecule is Cc1ccccc1C(=O)NC(CCl)c1ccc(-c2ccc(O)cc2)cc1. The van der Waals surface area contributed by atoms with Crippen LogP contribution in [0.25, 0.3) is 11.1 Å². The molecule has 3 nitrogen and oxygen atoms in total. The third-order valence-corrected chi connectivity index (χ3v) is 4.67. The zero-order valence-corrected chi connectivity index (χ0v) is 15.2. The van der Waals surface area contributed by atoms with Crippen LogP contribution in [0.1, 0.15) is 27.5 Å². The highest BCUT2D eigenvalue weighted by Gasteiger charge is 2.16. The standard InChI is InChI=1S/C22H20ClNO2/c1-15-4-2-3-5-20(15)22(26)24-21(14-23)18-8-6-16(7-9-18)17-10-12-19(25)13-11-17/h2-13,21,25H,14H2,1H3,(H,24,26). The van der Waals surface area contributed by atoms with Crippen LogP contribution >= 0.6 is 11.6 Å². The van der Waals surface area contributed by atoms with E-state index < -0.39 is 0 Å². The van der Waals surface area contributed by atoms with Gasteiger partial charge in [0.25, 0.3) is 5.91 Å². The third-order valence-electron chi connectivity index (χ3n) is 4.36. The number of nitrogens with one attached hydrogen (secondary N) is 1. The number of carbonyl (C=O) groups excluding carboxylic acids is 1. The van der Waals surface area contributed by atoms with Crippen molar-refractivity contribution in [2.75, 3.05) is 5.88 Å². The van der Waals surface area contributed by atoms with E-state index in [0.717, 1.165) is 22.3 Å². The number of hydrogen-bond donors (Lipinski definition) is 2. The molecule has 0 saturated heterocycles. The summed E-state index contributed by atoms with van der Waals surface area (Å²) >= 11 is 6.11. The number of benzene rings is 3. The second-order valence-electron chi connectivity index (χ2n) is 6.16. The highest BCUT2D eigenvalue weighted by atomic mass is 35.5. The number of amides is 1. The molecule has 1 unspecified atom stereocenters. The molecule has 0 fully saturated rings. The van der Waals surface area contributed by atoms with Crippen molar-refractivity contribution in [3.05, 3.63) is 89.5 Å². The smallest absolute Gasteiger partial charge is 0.252 e. The molecule has 0 aromatic heterocycles. The van der Waals surface area contributed by atoms with Crippen LogP contribution in [-0.4, -0.2) is 16.9 Å². The van der Waals surface area contributed by atoms with Crippen LogP contribution in [0.5, 0.6) is 5.75 Å². The van der Waals surface area contributed by atoms with Gasteiger partial charge in [-0.25, -0.2) is 0 Å². The van der Waals surface area contributed by atoms with Gasteiger partial charge in [-0.2, -0.15) is 0 Å². The van der Waals surface area contributed by atoms with Gasteiger partial charge < -0.3 is 10.4 Å². The van der Waals surface area contributed by atoms with Gasteiger partial charge in [-0.1, -0.05) is 54.6 Å². The average molecular weight is 366 g/mol. The van der Waals surface area contributed by atoms with Crippen LogP contribution in [0.4, 0.5) is 0 Å². The zero-order chi connectivity index (χ0) is 18.5. The predicted octanol–water partition coefficient (Wildman–Crippen LogP) is 5.08. The molecule has 3 aromatic rings. The van der Waals surface area contributed by atoms with E-state index in [1.54, 1.807) is 12.1 Å². The lowest BCUT2D eigenvalue weighted by Gasteiger charge is -2.18. The molecule has 4 heteroatoms. The maximum Gasteiger partial charge on any atom is 0.252 e. The molecule has 1 atom stereocenters. The highest BCUT2D eigenvalue weighted by molar-refractivity contribution is 6.18. The summed E-state index contributed by atoms with van der Waals surface area (Å²) in [4.78, 5) is 12.5. The van der Waals surface area contributed by atoms with Crippen molar-refractivity contribution in [3.8, 4) is 16.9 Å². The first kappa shape index (κ1) is 18.0. The van der Waals surface area contributed by atoms with Crippen LogP contribution in [0.3, 0.4) is 0 Å². The van der Waals surface area contributed by atoms with Crippen molar-refractivity contribution in [2.24, 2.45) is 0 Å². The lowest BCUT2D eigenvalue weighted by molar-refractivity contribution is 0.0939. The molecule has 3 rings (SSSR count). The second-order valence-corrected chi connectivity index (χ2v) is 6.47. The molecule has 26 heavy (non-hydrogen) atoms. The Morgan fingerprint density at radius 1 is 0.962 bits per heavy atom. The first-order valence-corrected chi connectivity index (χ1v) is 8.94. The second kappa shape index (κ2) is 8.07. The molecule has 0 bridgehead atoms. The quantitative estimate of drug-likeness (QED) is 0.619. The van der Waals surface area contributed by atoms with E-state index in [1.165, 1.54) is 0 Å². The minimum atomic E-state index is -0.266. The molecule has 3 aromatic carbocycles. The van der Waals surface area contributed by atoms with Gasteiger partial charge >= 0.3 is 0 Å². The molecule has 0 saturated carbocycles. The van der Waals surface area contributed by atoms with Crippen molar-refractivity contribution in [1.29, 1.82) is 0 Å². The fraction of sp³-hybridized carbons (Fsp3) is 0.136. The van der Waals surface area contributed by atoms with Crippen LogP contribution in [-0.2, 0) is 0 Å². The number of rotatable bonds is 5. The molecular formula is C22H20ClNO2. The monoisotopic (exact) mass is 365 g/mol. The van der Waals surface area contributed by atoms with Crippen molar-refractivity contribution in [1.82, 2.24) is 5.32 Å². The number of carbonyl (C=O) groups is 1. The topological polar surface area (TPSA) is 49.3 Å². The fourth-order valence-corrected chi connectivity index (χ4v) is 3.09. The van der Waals surface area contributed by atoms with Crippen LogP contribution in [0.15, 0.2) is 72.8 Å². The Morgan fingerprint density at radius 2 is 1.54 bits per heavy atom. The summed E-state index contributed by atoms with van der Waals surface area (Å²) in [6, 6.07) is 22.2. The predicted molar refractivity (Wildman–Crippen MR) is 106 cm³/mol. The number of aromatic hydroxyl groups is 1. The first-order valence-electron chi connectivity index (χ1n) is 8.40. The molecule has 0 heterocycles. The zero-order valence-electron chi connectivity index (χ0n) is 14.4. The molecule has 132 valence electrons. The largest absolute Gasteiger partial charge is 0.508 e. The minimum Gasteiger partial charge on any atom is -0.508 e. The summed E-state index contributed by atoms with van der Waals surface area (Å²) < 4.78 is 0. The van der Waals surface area contributed by atoms with Crippen LogP contribution in [0, 0.1) is 6.92 Å². The normalized spacial score (nSPS) is 11.8. The molecule has 0 aliphatic carbocycles. The summed E-state index contributed by atoms with van der Waals surface area (Å²) in [6.45, 7) is 1.91. The Kier molecular flexibility index (Phi) is 5.59. The Hall–Kier alpha value is -2.78. The summed E-state index contributed by atoms with van der Waals surface area (Å²) in [5, 5.41) is 12.4. The Morgan fingerprint density at radius 3 is 2.12 bits per heavy atom. The lowest BCUT2D eigenvalue weighted by Crippen LogP contribution is -2.30. The van der Waals surface area contributed by atoms with Gasteiger partial charge in [0.15, 0.2) is 0 Å². The van der Waals surface area contributed by atoms with E-state index >= 15 is 0 Å². The number of hydrogen-bond acceptors (Lipinski definition) is 2. The molecule has 0 aliphatic rings. The van der Waals surface area contributed by atoms with Gasteiger partial charge in [-0.05, 0) is 47.4 Å². The number of phenolic OH excluding ortho intramolecular Hbond substituents is 1. The number of phenols is 1. The van der Waals surface area contributed by atoms with Gasteiger partial charge in [-0.15, -0.1) is 11.6 Å². The number of alkyl halides is 1. The number of halogens is 1. The molecule has 0 aliphatic heterocycles. The first-order chi connectivity index (χ1) is 12.6. The van der Waals surface area contributed by atoms with E-state index in [0.29, 0.717) is 5.56 Å². The number of aryl methyl sites for hydroxylation is 1. The summed E-state index contributed by atoms with van der Waals surface area (Å²) in [6.07, 6.45) is 0. The maximum absolute atomic E-state index is 12.5. The third kappa shape index (κ3) is 4.06. The molecule has 0 spiro atoms. The Bertz CT molecular complexity index is 889. The average Bonchev–Trinajstić information content (AvgIpc) is 2.67. The Balaban J connectivity index is 1.77. The minimum absolute atomic E-state index is 0.128. The van der Waals surface area contributed by atoms with Gasteiger partial charge in [-0.3, -0.25) is 4.79 Å². The van der Waals surface area contributed by atoms with Crippen molar-refractivity contribution in [2.45, 2.75) is 13.0 Å². The van der Waals surface area contributed by atoms with Crippen molar-refractivity contribution in [3.63, 3.8) is 0 Å². The van der Waals surface area contributed by atoms with E-state index in [9.17, 15) is 9.90 Å².